The highest BCUT2D eigenvalue weighted by Gasteiger charge is 2.13. The van der Waals surface area contributed by atoms with Crippen molar-refractivity contribution in [2.24, 2.45) is 0 Å². The van der Waals surface area contributed by atoms with Gasteiger partial charge in [-0.1, -0.05) is 48.0 Å². The molecule has 0 aliphatic heterocycles. The highest BCUT2D eigenvalue weighted by Crippen LogP contribution is 2.26. The van der Waals surface area contributed by atoms with E-state index >= 15 is 0 Å². The van der Waals surface area contributed by atoms with Gasteiger partial charge in [0.25, 0.3) is 0 Å². The van der Waals surface area contributed by atoms with E-state index in [9.17, 15) is 0 Å². The summed E-state index contributed by atoms with van der Waals surface area (Å²) in [6.07, 6.45) is 0. The second kappa shape index (κ2) is 5.03. The molecule has 0 atom stereocenters. The molecule has 0 aliphatic rings. The molecular formula is C14H9Cl2N3. The Balaban J connectivity index is 2.20. The second-order valence-electron chi connectivity index (χ2n) is 3.97. The van der Waals surface area contributed by atoms with Crippen molar-refractivity contribution < 1.29 is 0 Å². The van der Waals surface area contributed by atoms with E-state index in [2.05, 4.69) is 10.2 Å². The van der Waals surface area contributed by atoms with Crippen LogP contribution in [0, 0.1) is 0 Å². The molecule has 0 saturated heterocycles. The van der Waals surface area contributed by atoms with Crippen LogP contribution in [-0.4, -0.2) is 14.8 Å². The van der Waals surface area contributed by atoms with Crippen molar-refractivity contribution in [1.82, 2.24) is 14.8 Å². The SMILES string of the molecule is Clc1cccc(-n2c(Cl)nnc2-c2ccccc2)c1. The van der Waals surface area contributed by atoms with Gasteiger partial charge in [-0.2, -0.15) is 0 Å². The van der Waals surface area contributed by atoms with Gasteiger partial charge in [0.05, 0.1) is 5.69 Å². The fourth-order valence-electron chi connectivity index (χ4n) is 1.88. The molecule has 1 heterocycles. The van der Waals surface area contributed by atoms with Gasteiger partial charge in [0.2, 0.25) is 5.28 Å². The van der Waals surface area contributed by atoms with Crippen molar-refractivity contribution in [1.29, 1.82) is 0 Å². The lowest BCUT2D eigenvalue weighted by Crippen LogP contribution is -1.97. The average Bonchev–Trinajstić information content (AvgIpc) is 2.82. The van der Waals surface area contributed by atoms with E-state index in [4.69, 9.17) is 23.2 Å². The van der Waals surface area contributed by atoms with Crippen molar-refractivity contribution >= 4 is 23.2 Å². The summed E-state index contributed by atoms with van der Waals surface area (Å²) in [6.45, 7) is 0. The first kappa shape index (κ1) is 12.2. The highest BCUT2D eigenvalue weighted by atomic mass is 35.5. The molecule has 19 heavy (non-hydrogen) atoms. The van der Waals surface area contributed by atoms with Crippen molar-refractivity contribution in [3.05, 3.63) is 64.9 Å². The minimum atomic E-state index is 0.307. The van der Waals surface area contributed by atoms with Crippen molar-refractivity contribution in [2.75, 3.05) is 0 Å². The van der Waals surface area contributed by atoms with Gasteiger partial charge < -0.3 is 0 Å². The van der Waals surface area contributed by atoms with E-state index < -0.39 is 0 Å². The van der Waals surface area contributed by atoms with E-state index in [0.29, 0.717) is 16.1 Å². The van der Waals surface area contributed by atoms with Crippen LogP contribution in [0.15, 0.2) is 54.6 Å². The summed E-state index contributed by atoms with van der Waals surface area (Å²) in [5.74, 6) is 0.688. The maximum Gasteiger partial charge on any atom is 0.229 e. The molecule has 3 nitrogen and oxygen atoms in total. The zero-order valence-corrected chi connectivity index (χ0v) is 11.3. The summed E-state index contributed by atoms with van der Waals surface area (Å²) in [6, 6.07) is 17.2. The average molecular weight is 290 g/mol. The number of hydrogen-bond donors (Lipinski definition) is 0. The molecule has 3 rings (SSSR count). The lowest BCUT2D eigenvalue weighted by atomic mass is 10.2. The van der Waals surface area contributed by atoms with Crippen molar-refractivity contribution in [3.8, 4) is 17.1 Å². The smallest absolute Gasteiger partial charge is 0.229 e. The lowest BCUT2D eigenvalue weighted by Gasteiger charge is -2.08. The summed E-state index contributed by atoms with van der Waals surface area (Å²) in [5, 5.41) is 9.01. The number of rotatable bonds is 2. The van der Waals surface area contributed by atoms with Gasteiger partial charge in [-0.3, -0.25) is 4.57 Å². The summed E-state index contributed by atoms with van der Waals surface area (Å²) in [5.41, 5.74) is 1.78. The molecule has 5 heteroatoms. The van der Waals surface area contributed by atoms with Crippen LogP contribution < -0.4 is 0 Å². The Bertz CT molecular complexity index is 708. The van der Waals surface area contributed by atoms with Crippen LogP contribution >= 0.6 is 23.2 Å². The molecule has 0 aliphatic carbocycles. The molecule has 0 amide bonds. The molecule has 0 N–H and O–H groups in total. The minimum Gasteiger partial charge on any atom is -0.266 e. The predicted molar refractivity (Wildman–Crippen MR) is 76.8 cm³/mol. The summed E-state index contributed by atoms with van der Waals surface area (Å²) in [7, 11) is 0. The number of aromatic nitrogens is 3. The quantitative estimate of drug-likeness (QED) is 0.706. The third-order valence-electron chi connectivity index (χ3n) is 2.72. The van der Waals surface area contributed by atoms with Crippen LogP contribution in [0.25, 0.3) is 17.1 Å². The van der Waals surface area contributed by atoms with Gasteiger partial charge >= 0.3 is 0 Å². The third-order valence-corrected chi connectivity index (χ3v) is 3.20. The predicted octanol–water partition coefficient (Wildman–Crippen LogP) is 4.24. The minimum absolute atomic E-state index is 0.307. The van der Waals surface area contributed by atoms with Crippen molar-refractivity contribution in [2.45, 2.75) is 0 Å². The topological polar surface area (TPSA) is 30.7 Å². The summed E-state index contributed by atoms with van der Waals surface area (Å²) in [4.78, 5) is 0. The Morgan fingerprint density at radius 1 is 0.842 bits per heavy atom. The zero-order chi connectivity index (χ0) is 13.2. The number of nitrogens with zero attached hydrogens (tertiary/aromatic N) is 3. The normalized spacial score (nSPS) is 10.6. The Hall–Kier alpha value is -1.84. The fraction of sp³-hybridized carbons (Fsp3) is 0. The molecule has 94 valence electrons. The number of hydrogen-bond acceptors (Lipinski definition) is 2. The van der Waals surface area contributed by atoms with Crippen LogP contribution in [-0.2, 0) is 0 Å². The van der Waals surface area contributed by atoms with Gasteiger partial charge in [0.1, 0.15) is 0 Å². The van der Waals surface area contributed by atoms with Crippen LogP contribution in [0.5, 0.6) is 0 Å². The van der Waals surface area contributed by atoms with Gasteiger partial charge in [0, 0.05) is 10.6 Å². The lowest BCUT2D eigenvalue weighted by molar-refractivity contribution is 1.06. The van der Waals surface area contributed by atoms with Gasteiger partial charge in [-0.05, 0) is 29.8 Å². The molecule has 0 saturated carbocycles. The molecule has 0 fully saturated rings. The molecule has 0 bridgehead atoms. The molecule has 0 radical (unpaired) electrons. The van der Waals surface area contributed by atoms with Crippen LogP contribution in [0.4, 0.5) is 0 Å². The van der Waals surface area contributed by atoms with Gasteiger partial charge in [-0.15, -0.1) is 10.2 Å². The number of halogens is 2. The number of benzene rings is 2. The molecular weight excluding hydrogens is 281 g/mol. The Morgan fingerprint density at radius 3 is 2.37 bits per heavy atom. The molecule has 3 aromatic rings. The zero-order valence-electron chi connectivity index (χ0n) is 9.79. The summed E-state index contributed by atoms with van der Waals surface area (Å²) >= 11 is 12.1. The Labute approximate surface area is 120 Å². The molecule has 2 aromatic carbocycles. The first-order valence-corrected chi connectivity index (χ1v) is 6.43. The van der Waals surface area contributed by atoms with Gasteiger partial charge in [0.15, 0.2) is 5.82 Å². The maximum absolute atomic E-state index is 6.13. The molecule has 0 spiro atoms. The molecule has 1 aromatic heterocycles. The fourth-order valence-corrected chi connectivity index (χ4v) is 2.28. The summed E-state index contributed by atoms with van der Waals surface area (Å²) < 4.78 is 1.77. The standard InChI is InChI=1S/C14H9Cl2N3/c15-11-7-4-8-12(9-11)19-13(17-18-14(19)16)10-5-2-1-3-6-10/h1-9H. The Kier molecular flexibility index (Phi) is 3.23. The van der Waals surface area contributed by atoms with Crippen LogP contribution in [0.2, 0.25) is 10.3 Å². The molecule has 0 unspecified atom stereocenters. The Morgan fingerprint density at radius 2 is 1.63 bits per heavy atom. The van der Waals surface area contributed by atoms with E-state index in [-0.39, 0.29) is 0 Å². The highest BCUT2D eigenvalue weighted by molar-refractivity contribution is 6.31. The van der Waals surface area contributed by atoms with E-state index in [1.54, 1.807) is 4.57 Å². The van der Waals surface area contributed by atoms with E-state index in [0.717, 1.165) is 11.3 Å². The first-order valence-electron chi connectivity index (χ1n) is 5.68. The largest absolute Gasteiger partial charge is 0.266 e. The van der Waals surface area contributed by atoms with Crippen LogP contribution in [0.1, 0.15) is 0 Å². The van der Waals surface area contributed by atoms with E-state index in [1.807, 2.05) is 54.6 Å². The van der Waals surface area contributed by atoms with Crippen molar-refractivity contribution in [3.63, 3.8) is 0 Å². The maximum atomic E-state index is 6.13. The van der Waals surface area contributed by atoms with E-state index in [1.165, 1.54) is 0 Å². The van der Waals surface area contributed by atoms with Crippen LogP contribution in [0.3, 0.4) is 0 Å². The first-order chi connectivity index (χ1) is 9.25. The second-order valence-corrected chi connectivity index (χ2v) is 4.75. The monoisotopic (exact) mass is 289 g/mol. The van der Waals surface area contributed by atoms with Gasteiger partial charge in [-0.25, -0.2) is 0 Å². The third kappa shape index (κ3) is 2.35.